The lowest BCUT2D eigenvalue weighted by Crippen LogP contribution is -2.46. The van der Waals surface area contributed by atoms with Crippen molar-refractivity contribution in [2.75, 3.05) is 6.61 Å². The Morgan fingerprint density at radius 3 is 2.67 bits per heavy atom. The molecule has 1 fully saturated rings. The summed E-state index contributed by atoms with van der Waals surface area (Å²) in [5, 5.41) is 24.0. The first-order chi connectivity index (χ1) is 19.8. The van der Waals surface area contributed by atoms with Gasteiger partial charge in [0.05, 0.1) is 11.5 Å². The summed E-state index contributed by atoms with van der Waals surface area (Å²) in [6, 6.07) is 6.77. The summed E-state index contributed by atoms with van der Waals surface area (Å²) in [4.78, 5) is 23.9. The number of rotatable bonds is 11. The van der Waals surface area contributed by atoms with Crippen LogP contribution in [0, 0.1) is 18.2 Å². The zero-order valence-electron chi connectivity index (χ0n) is 22.7. The van der Waals surface area contributed by atoms with Gasteiger partial charge in [-0.1, -0.05) is 24.1 Å². The molecule has 3 N–H and O–H groups in total. The lowest BCUT2D eigenvalue weighted by atomic mass is 9.97. The highest BCUT2D eigenvalue weighted by Crippen LogP contribution is 2.48. The molecule has 16 heteroatoms. The molecule has 1 saturated heterocycles. The molecular formula is C26H28ClFN5O8P. The third kappa shape index (κ3) is 6.33. The van der Waals surface area contributed by atoms with Crippen molar-refractivity contribution in [3.63, 3.8) is 0 Å². The van der Waals surface area contributed by atoms with Crippen LogP contribution in [0.3, 0.4) is 0 Å². The minimum atomic E-state index is -4.44. The second-order valence-corrected chi connectivity index (χ2v) is 11.6. The second kappa shape index (κ2) is 12.4. The number of hydrogen-bond acceptors (Lipinski definition) is 11. The zero-order valence-corrected chi connectivity index (χ0v) is 24.3. The van der Waals surface area contributed by atoms with Gasteiger partial charge in [-0.3, -0.25) is 9.32 Å². The van der Waals surface area contributed by atoms with E-state index in [1.165, 1.54) is 19.1 Å². The van der Waals surface area contributed by atoms with E-state index in [-0.39, 0.29) is 27.9 Å². The van der Waals surface area contributed by atoms with Crippen LogP contribution in [-0.2, 0) is 23.4 Å². The number of aliphatic hydroxyl groups is 2. The van der Waals surface area contributed by atoms with Crippen LogP contribution in [0.15, 0.2) is 41.5 Å². The summed E-state index contributed by atoms with van der Waals surface area (Å²) >= 11 is 5.96. The number of benzene rings is 1. The number of carbonyl (C=O) groups excluding carboxylic acids is 1. The van der Waals surface area contributed by atoms with Gasteiger partial charge in [0.25, 0.3) is 0 Å². The van der Waals surface area contributed by atoms with Gasteiger partial charge in [0.15, 0.2) is 29.1 Å². The largest absolute Gasteiger partial charge is 0.462 e. The molecule has 13 nitrogen and oxygen atoms in total. The fourth-order valence-corrected chi connectivity index (χ4v) is 5.85. The smallest absolute Gasteiger partial charge is 0.459 e. The van der Waals surface area contributed by atoms with E-state index in [4.69, 9.17) is 36.5 Å². The number of ether oxygens (including phenoxy) is 2. The number of halogens is 2. The fourth-order valence-electron chi connectivity index (χ4n) is 4.17. The van der Waals surface area contributed by atoms with Crippen LogP contribution >= 0.6 is 19.3 Å². The number of para-hydroxylation sites is 1. The van der Waals surface area contributed by atoms with Gasteiger partial charge < -0.3 is 28.8 Å². The average molecular weight is 624 g/mol. The number of aliphatic hydroxyl groups excluding tert-OH is 2. The average Bonchev–Trinajstić information content (AvgIpc) is 3.40. The Balaban J connectivity index is 1.64. The van der Waals surface area contributed by atoms with Crippen molar-refractivity contribution in [1.29, 1.82) is 0 Å². The molecule has 42 heavy (non-hydrogen) atoms. The van der Waals surface area contributed by atoms with E-state index in [9.17, 15) is 24.0 Å². The molecule has 3 heterocycles. The van der Waals surface area contributed by atoms with Crippen LogP contribution in [0.5, 0.6) is 5.75 Å². The van der Waals surface area contributed by atoms with Gasteiger partial charge in [-0.2, -0.15) is 15.1 Å². The number of carbonyl (C=O) groups is 1. The van der Waals surface area contributed by atoms with Gasteiger partial charge in [-0.05, 0) is 51.2 Å². The maximum absolute atomic E-state index is 14.9. The minimum absolute atomic E-state index is 0.121. The monoisotopic (exact) mass is 623 g/mol. The van der Waals surface area contributed by atoms with Crippen molar-refractivity contribution in [3.8, 4) is 18.1 Å². The Hall–Kier alpha value is -3.41. The maximum Gasteiger partial charge on any atom is 0.459 e. The summed E-state index contributed by atoms with van der Waals surface area (Å²) in [5.74, 6) is 0.629. The third-order valence-electron chi connectivity index (χ3n) is 6.15. The van der Waals surface area contributed by atoms with Crippen molar-refractivity contribution in [1.82, 2.24) is 19.6 Å². The highest BCUT2D eigenvalue weighted by molar-refractivity contribution is 7.52. The Morgan fingerprint density at radius 2 is 2.05 bits per heavy atom. The first-order valence-electron chi connectivity index (χ1n) is 12.5. The van der Waals surface area contributed by atoms with Crippen LogP contribution in [0.25, 0.3) is 11.0 Å². The number of terminal acetylenes is 1. The molecule has 1 aromatic carbocycles. The molecule has 4 rings (SSSR count). The normalized spacial score (nSPS) is 24.2. The van der Waals surface area contributed by atoms with Crippen molar-refractivity contribution < 1.29 is 42.5 Å². The standard InChI is InChI=1S/C26H28ClFN5O8P/c1-6-26(13-38-42(37,41-16-10-8-7-9-11-16)32-15(4)24(36)39-14(2)3)20(35)19(34)23(40-26)33-12-17(28)18-21(29-5)30-25(27)31-22(18)33/h1,7-12,14-15,19-20,23,34-35H,5,13H2,2-4H3,(H,32,37)/t15-,19?,20?,23+,26+,42-/m0/s1. The van der Waals surface area contributed by atoms with Crippen LogP contribution < -0.4 is 9.61 Å². The molecule has 0 radical (unpaired) electrons. The molecule has 0 saturated carbocycles. The highest BCUT2D eigenvalue weighted by Gasteiger charge is 2.56. The molecule has 0 amide bonds. The number of esters is 1. The van der Waals surface area contributed by atoms with Gasteiger partial charge in [0, 0.05) is 6.20 Å². The molecule has 6 atom stereocenters. The number of aromatic nitrogens is 3. The molecule has 0 spiro atoms. The molecule has 2 unspecified atom stereocenters. The minimum Gasteiger partial charge on any atom is -0.462 e. The van der Waals surface area contributed by atoms with Crippen molar-refractivity contribution in [2.45, 2.75) is 57.0 Å². The number of nitrogens with one attached hydrogen (secondary N) is 1. The molecule has 224 valence electrons. The summed E-state index contributed by atoms with van der Waals surface area (Å²) in [6.07, 6.45) is 1.11. The summed E-state index contributed by atoms with van der Waals surface area (Å²) < 4.78 is 52.1. The first-order valence-corrected chi connectivity index (χ1v) is 14.4. The molecule has 1 aliphatic rings. The SMILES string of the molecule is C#C[C@]1(CO[P@@](=O)(N[C@@H](C)C(=O)OC(C)C)Oc2ccccc2)O[C@@H](n2cc(F)c3c(N=C)nc(Cl)nc32)C(O)C1O. The van der Waals surface area contributed by atoms with Crippen LogP contribution in [0.1, 0.15) is 27.0 Å². The number of hydrogen-bond donors (Lipinski definition) is 3. The lowest BCUT2D eigenvalue weighted by molar-refractivity contribution is -0.149. The Morgan fingerprint density at radius 1 is 1.36 bits per heavy atom. The van der Waals surface area contributed by atoms with E-state index in [0.29, 0.717) is 0 Å². The lowest BCUT2D eigenvalue weighted by Gasteiger charge is -2.29. The van der Waals surface area contributed by atoms with E-state index in [1.54, 1.807) is 32.0 Å². The predicted molar refractivity (Wildman–Crippen MR) is 150 cm³/mol. The van der Waals surface area contributed by atoms with Crippen LogP contribution in [0.2, 0.25) is 5.28 Å². The Kier molecular flexibility index (Phi) is 9.34. The fraction of sp³-hybridized carbons (Fsp3) is 0.385. The molecule has 0 aliphatic carbocycles. The number of fused-ring (bicyclic) bond motifs is 1. The summed E-state index contributed by atoms with van der Waals surface area (Å²) in [7, 11) is -4.44. The van der Waals surface area contributed by atoms with Crippen LogP contribution in [0.4, 0.5) is 10.2 Å². The molecule has 1 aliphatic heterocycles. The maximum atomic E-state index is 14.9. The van der Waals surface area contributed by atoms with Crippen molar-refractivity contribution in [2.24, 2.45) is 4.99 Å². The summed E-state index contributed by atoms with van der Waals surface area (Å²) in [5.41, 5.74) is -2.26. The first kappa shape index (κ1) is 31.5. The highest BCUT2D eigenvalue weighted by atomic mass is 35.5. The molecule has 3 aromatic rings. The molecular weight excluding hydrogens is 596 g/mol. The zero-order chi connectivity index (χ0) is 30.8. The Bertz CT molecular complexity index is 1570. The second-order valence-electron chi connectivity index (χ2n) is 9.55. The van der Waals surface area contributed by atoms with E-state index in [1.807, 2.05) is 0 Å². The number of nitrogens with zero attached hydrogens (tertiary/aromatic N) is 4. The third-order valence-corrected chi connectivity index (χ3v) is 7.94. The predicted octanol–water partition coefficient (Wildman–Crippen LogP) is 3.31. The topological polar surface area (TPSA) is 167 Å². The van der Waals surface area contributed by atoms with Gasteiger partial charge in [-0.25, -0.2) is 13.9 Å². The quantitative estimate of drug-likeness (QED) is 0.0942. The molecule has 0 bridgehead atoms. The van der Waals surface area contributed by atoms with E-state index in [0.717, 1.165) is 10.8 Å². The van der Waals surface area contributed by atoms with E-state index in [2.05, 4.69) is 32.7 Å². The van der Waals surface area contributed by atoms with E-state index < -0.39 is 62.3 Å². The van der Waals surface area contributed by atoms with Gasteiger partial charge >= 0.3 is 13.7 Å². The van der Waals surface area contributed by atoms with Gasteiger partial charge in [0.1, 0.15) is 30.6 Å². The Labute approximate surface area is 245 Å². The van der Waals surface area contributed by atoms with Gasteiger partial charge in [-0.15, -0.1) is 6.42 Å². The van der Waals surface area contributed by atoms with Crippen molar-refractivity contribution in [3.05, 3.63) is 47.6 Å². The molecule has 2 aromatic heterocycles. The number of aliphatic imine (C=N–C) groups is 1. The van der Waals surface area contributed by atoms with Crippen LogP contribution in [-0.4, -0.2) is 74.0 Å². The summed E-state index contributed by atoms with van der Waals surface area (Å²) in [6.45, 7) is 7.21. The van der Waals surface area contributed by atoms with Crippen molar-refractivity contribution >= 4 is 48.9 Å². The van der Waals surface area contributed by atoms with Gasteiger partial charge in [0.2, 0.25) is 5.28 Å². The van der Waals surface area contributed by atoms with E-state index >= 15 is 0 Å².